The van der Waals surface area contributed by atoms with Crippen LogP contribution >= 0.6 is 12.4 Å². The Labute approximate surface area is 122 Å². The van der Waals surface area contributed by atoms with E-state index in [2.05, 4.69) is 32.5 Å². The standard InChI is InChI=1S/C12H17N5O2.ClH/c1-7-5-9(3-4-13-7)12-15-11(17-19-12)6-10-14-8(2)18-16-10;/h7,9,13H,3-6H2,1-2H3;1H/t7-,9-;/m0./s1. The third-order valence-electron chi connectivity index (χ3n) is 3.34. The SMILES string of the molecule is Cc1nc(Cc2noc([C@H]3CCN[C@@H](C)C3)n2)no1.Cl. The number of nitrogens with zero attached hydrogens (tertiary/aromatic N) is 4. The van der Waals surface area contributed by atoms with Crippen LogP contribution in [-0.2, 0) is 6.42 Å². The van der Waals surface area contributed by atoms with E-state index in [0.717, 1.165) is 25.3 Å². The third-order valence-corrected chi connectivity index (χ3v) is 3.34. The molecule has 0 aliphatic carbocycles. The molecule has 110 valence electrons. The lowest BCUT2D eigenvalue weighted by Gasteiger charge is -2.25. The van der Waals surface area contributed by atoms with Crippen molar-refractivity contribution in [1.29, 1.82) is 0 Å². The van der Waals surface area contributed by atoms with Gasteiger partial charge in [-0.2, -0.15) is 9.97 Å². The summed E-state index contributed by atoms with van der Waals surface area (Å²) >= 11 is 0. The predicted molar refractivity (Wildman–Crippen MR) is 72.8 cm³/mol. The summed E-state index contributed by atoms with van der Waals surface area (Å²) in [5.41, 5.74) is 0. The number of hydrogen-bond donors (Lipinski definition) is 1. The van der Waals surface area contributed by atoms with Crippen molar-refractivity contribution in [3.05, 3.63) is 23.4 Å². The van der Waals surface area contributed by atoms with Crippen LogP contribution in [0.15, 0.2) is 9.05 Å². The smallest absolute Gasteiger partial charge is 0.229 e. The molecule has 0 bridgehead atoms. The summed E-state index contributed by atoms with van der Waals surface area (Å²) in [6.07, 6.45) is 2.51. The highest BCUT2D eigenvalue weighted by Crippen LogP contribution is 2.26. The molecule has 0 aromatic carbocycles. The summed E-state index contributed by atoms with van der Waals surface area (Å²) in [6.45, 7) is 4.92. The van der Waals surface area contributed by atoms with E-state index in [1.165, 1.54) is 0 Å². The van der Waals surface area contributed by atoms with Crippen molar-refractivity contribution in [1.82, 2.24) is 25.6 Å². The maximum atomic E-state index is 5.36. The van der Waals surface area contributed by atoms with Crippen molar-refractivity contribution < 1.29 is 9.05 Å². The molecule has 3 rings (SSSR count). The number of nitrogens with one attached hydrogen (secondary N) is 1. The van der Waals surface area contributed by atoms with Gasteiger partial charge in [0.2, 0.25) is 11.8 Å². The lowest BCUT2D eigenvalue weighted by Crippen LogP contribution is -2.34. The molecule has 0 spiro atoms. The fourth-order valence-corrected chi connectivity index (χ4v) is 2.42. The summed E-state index contributed by atoms with van der Waals surface area (Å²) in [7, 11) is 0. The molecule has 20 heavy (non-hydrogen) atoms. The lowest BCUT2D eigenvalue weighted by molar-refractivity contribution is 0.294. The highest BCUT2D eigenvalue weighted by Gasteiger charge is 2.25. The maximum absolute atomic E-state index is 5.36. The molecular formula is C12H18ClN5O2. The largest absolute Gasteiger partial charge is 0.340 e. The van der Waals surface area contributed by atoms with Gasteiger partial charge in [0.1, 0.15) is 0 Å². The summed E-state index contributed by atoms with van der Waals surface area (Å²) in [5, 5.41) is 11.2. The summed E-state index contributed by atoms with van der Waals surface area (Å²) in [5.74, 6) is 2.82. The molecular weight excluding hydrogens is 282 g/mol. The van der Waals surface area contributed by atoms with E-state index < -0.39 is 0 Å². The highest BCUT2D eigenvalue weighted by atomic mass is 35.5. The van der Waals surface area contributed by atoms with Gasteiger partial charge in [0.25, 0.3) is 0 Å². The molecule has 2 atom stereocenters. The summed E-state index contributed by atoms with van der Waals surface area (Å²) < 4.78 is 10.3. The second-order valence-corrected chi connectivity index (χ2v) is 5.03. The molecule has 1 N–H and O–H groups in total. The second kappa shape index (κ2) is 6.32. The molecule has 1 aliphatic rings. The molecule has 8 heteroatoms. The third kappa shape index (κ3) is 3.34. The van der Waals surface area contributed by atoms with Crippen molar-refractivity contribution in [3.8, 4) is 0 Å². The van der Waals surface area contributed by atoms with Gasteiger partial charge in [0, 0.05) is 18.9 Å². The Bertz CT molecular complexity index is 556. The molecule has 0 radical (unpaired) electrons. The Morgan fingerprint density at radius 1 is 1.20 bits per heavy atom. The van der Waals surface area contributed by atoms with E-state index >= 15 is 0 Å². The zero-order valence-electron chi connectivity index (χ0n) is 11.5. The zero-order chi connectivity index (χ0) is 13.2. The van der Waals surface area contributed by atoms with Crippen LogP contribution in [-0.4, -0.2) is 32.9 Å². The van der Waals surface area contributed by atoms with Crippen molar-refractivity contribution >= 4 is 12.4 Å². The number of piperidine rings is 1. The quantitative estimate of drug-likeness (QED) is 0.921. The minimum Gasteiger partial charge on any atom is -0.340 e. The Kier molecular flexibility index (Phi) is 4.72. The monoisotopic (exact) mass is 299 g/mol. The molecule has 7 nitrogen and oxygen atoms in total. The normalized spacial score (nSPS) is 22.5. The minimum absolute atomic E-state index is 0. The molecule has 1 fully saturated rings. The van der Waals surface area contributed by atoms with Crippen LogP contribution < -0.4 is 5.32 Å². The van der Waals surface area contributed by atoms with Crippen LogP contribution in [0.2, 0.25) is 0 Å². The van der Waals surface area contributed by atoms with Crippen molar-refractivity contribution in [2.24, 2.45) is 0 Å². The van der Waals surface area contributed by atoms with E-state index in [1.54, 1.807) is 6.92 Å². The first-order valence-electron chi connectivity index (χ1n) is 6.56. The van der Waals surface area contributed by atoms with Crippen LogP contribution in [0.25, 0.3) is 0 Å². The fourth-order valence-electron chi connectivity index (χ4n) is 2.42. The first-order valence-corrected chi connectivity index (χ1v) is 6.56. The number of rotatable bonds is 3. The van der Waals surface area contributed by atoms with E-state index in [4.69, 9.17) is 9.05 Å². The van der Waals surface area contributed by atoms with Gasteiger partial charge < -0.3 is 14.4 Å². The molecule has 0 unspecified atom stereocenters. The Morgan fingerprint density at radius 2 is 1.95 bits per heavy atom. The molecule has 1 saturated heterocycles. The molecule has 3 heterocycles. The van der Waals surface area contributed by atoms with Crippen molar-refractivity contribution in [3.63, 3.8) is 0 Å². The Morgan fingerprint density at radius 3 is 2.65 bits per heavy atom. The van der Waals surface area contributed by atoms with Gasteiger partial charge in [0.15, 0.2) is 11.6 Å². The van der Waals surface area contributed by atoms with Gasteiger partial charge in [-0.25, -0.2) is 0 Å². The molecule has 2 aromatic rings. The van der Waals surface area contributed by atoms with E-state index in [-0.39, 0.29) is 12.4 Å². The van der Waals surface area contributed by atoms with Crippen molar-refractivity contribution in [2.75, 3.05) is 6.54 Å². The van der Waals surface area contributed by atoms with Crippen LogP contribution in [0, 0.1) is 6.92 Å². The second-order valence-electron chi connectivity index (χ2n) is 5.03. The first kappa shape index (κ1) is 14.9. The maximum Gasteiger partial charge on any atom is 0.229 e. The van der Waals surface area contributed by atoms with Crippen LogP contribution in [0.5, 0.6) is 0 Å². The van der Waals surface area contributed by atoms with E-state index in [0.29, 0.717) is 35.9 Å². The zero-order valence-corrected chi connectivity index (χ0v) is 12.3. The van der Waals surface area contributed by atoms with Gasteiger partial charge in [-0.1, -0.05) is 10.3 Å². The van der Waals surface area contributed by atoms with Crippen LogP contribution in [0.4, 0.5) is 0 Å². The van der Waals surface area contributed by atoms with Gasteiger partial charge in [-0.15, -0.1) is 12.4 Å². The Hall–Kier alpha value is -1.47. The van der Waals surface area contributed by atoms with Crippen LogP contribution in [0.3, 0.4) is 0 Å². The molecule has 0 amide bonds. The molecule has 1 aliphatic heterocycles. The predicted octanol–water partition coefficient (Wildman–Crippen LogP) is 1.63. The van der Waals surface area contributed by atoms with Gasteiger partial charge in [-0.05, 0) is 26.3 Å². The van der Waals surface area contributed by atoms with Crippen LogP contribution in [0.1, 0.15) is 49.1 Å². The van der Waals surface area contributed by atoms with Gasteiger partial charge in [-0.3, -0.25) is 0 Å². The van der Waals surface area contributed by atoms with Crippen molar-refractivity contribution in [2.45, 2.75) is 45.1 Å². The highest BCUT2D eigenvalue weighted by molar-refractivity contribution is 5.85. The Balaban J connectivity index is 0.00000147. The summed E-state index contributed by atoms with van der Waals surface area (Å²) in [6, 6.07) is 0.494. The number of hydrogen-bond acceptors (Lipinski definition) is 7. The van der Waals surface area contributed by atoms with E-state index in [1.807, 2.05) is 0 Å². The number of aryl methyl sites for hydroxylation is 1. The average molecular weight is 300 g/mol. The lowest BCUT2D eigenvalue weighted by atomic mass is 9.93. The molecule has 0 saturated carbocycles. The molecule has 2 aromatic heterocycles. The minimum atomic E-state index is 0. The fraction of sp³-hybridized carbons (Fsp3) is 0.667. The topological polar surface area (TPSA) is 89.9 Å². The van der Waals surface area contributed by atoms with E-state index in [9.17, 15) is 0 Å². The van der Waals surface area contributed by atoms with Gasteiger partial charge in [0.05, 0.1) is 6.42 Å². The number of halogens is 1. The average Bonchev–Trinajstić information content (AvgIpc) is 2.99. The van der Waals surface area contributed by atoms with Gasteiger partial charge >= 0.3 is 0 Å². The summed E-state index contributed by atoms with van der Waals surface area (Å²) in [4.78, 5) is 8.58. The first-order chi connectivity index (χ1) is 9.20. The number of aromatic nitrogens is 4.